The van der Waals surface area contributed by atoms with Crippen LogP contribution in [-0.2, 0) is 0 Å². The van der Waals surface area contributed by atoms with E-state index >= 15 is 0 Å². The van der Waals surface area contributed by atoms with Crippen LogP contribution in [-0.4, -0.2) is 24.7 Å². The van der Waals surface area contributed by atoms with Gasteiger partial charge in [0.15, 0.2) is 0 Å². The van der Waals surface area contributed by atoms with Gasteiger partial charge in [0.05, 0.1) is 5.56 Å². The SMILES string of the molecule is CCSc1cccc(N2CCC(C)C2)c1C(=N)N. The van der Waals surface area contributed by atoms with Crippen LogP contribution < -0.4 is 10.6 Å². The molecule has 4 heteroatoms. The van der Waals surface area contributed by atoms with E-state index in [2.05, 4.69) is 36.9 Å². The number of hydrogen-bond acceptors (Lipinski definition) is 3. The highest BCUT2D eigenvalue weighted by Crippen LogP contribution is 2.33. The zero-order valence-corrected chi connectivity index (χ0v) is 11.9. The van der Waals surface area contributed by atoms with Gasteiger partial charge in [0, 0.05) is 23.7 Å². The molecule has 1 heterocycles. The highest BCUT2D eigenvalue weighted by molar-refractivity contribution is 7.99. The first-order chi connectivity index (χ1) is 8.63. The van der Waals surface area contributed by atoms with Crippen LogP contribution >= 0.6 is 11.8 Å². The molecule has 0 aliphatic carbocycles. The van der Waals surface area contributed by atoms with Crippen LogP contribution in [0.4, 0.5) is 5.69 Å². The van der Waals surface area contributed by atoms with Crippen molar-refractivity contribution in [3.63, 3.8) is 0 Å². The summed E-state index contributed by atoms with van der Waals surface area (Å²) >= 11 is 1.76. The highest BCUT2D eigenvalue weighted by Gasteiger charge is 2.23. The van der Waals surface area contributed by atoms with E-state index in [0.717, 1.165) is 40.9 Å². The monoisotopic (exact) mass is 263 g/mol. The number of thioether (sulfide) groups is 1. The minimum atomic E-state index is 0.182. The fourth-order valence-electron chi connectivity index (χ4n) is 2.48. The third kappa shape index (κ3) is 2.64. The predicted molar refractivity (Wildman–Crippen MR) is 79.9 cm³/mol. The number of nitrogens with two attached hydrogens (primary N) is 1. The molecule has 1 fully saturated rings. The molecule has 0 saturated carbocycles. The topological polar surface area (TPSA) is 53.1 Å². The molecule has 1 atom stereocenters. The molecule has 1 aliphatic heterocycles. The second kappa shape index (κ2) is 5.65. The predicted octanol–water partition coefficient (Wildman–Crippen LogP) is 2.93. The Morgan fingerprint density at radius 3 is 2.89 bits per heavy atom. The summed E-state index contributed by atoms with van der Waals surface area (Å²) in [4.78, 5) is 3.49. The molecule has 0 radical (unpaired) electrons. The second-order valence-corrected chi connectivity index (χ2v) is 6.14. The Morgan fingerprint density at radius 2 is 2.33 bits per heavy atom. The molecule has 0 spiro atoms. The summed E-state index contributed by atoms with van der Waals surface area (Å²) in [7, 11) is 0. The molecule has 18 heavy (non-hydrogen) atoms. The molecule has 1 saturated heterocycles. The number of anilines is 1. The molecule has 98 valence electrons. The zero-order chi connectivity index (χ0) is 13.1. The Hall–Kier alpha value is -1.16. The van der Waals surface area contributed by atoms with E-state index in [1.54, 1.807) is 11.8 Å². The summed E-state index contributed by atoms with van der Waals surface area (Å²) in [5.41, 5.74) is 7.84. The fourth-order valence-corrected chi connectivity index (χ4v) is 3.33. The molecule has 0 amide bonds. The van der Waals surface area contributed by atoms with Crippen LogP contribution in [0.1, 0.15) is 25.8 Å². The molecular formula is C14H21N3S. The standard InChI is InChI=1S/C14H21N3S/c1-3-18-12-6-4-5-11(13(12)14(15)16)17-8-7-10(2)9-17/h4-6,10H,3,7-9H2,1-2H3,(H3,15,16). The van der Waals surface area contributed by atoms with E-state index in [1.165, 1.54) is 6.42 Å². The summed E-state index contributed by atoms with van der Waals surface area (Å²) in [5, 5.41) is 7.85. The van der Waals surface area contributed by atoms with E-state index < -0.39 is 0 Å². The van der Waals surface area contributed by atoms with Crippen molar-refractivity contribution >= 4 is 23.3 Å². The first-order valence-corrected chi connectivity index (χ1v) is 7.47. The third-order valence-electron chi connectivity index (χ3n) is 3.34. The Labute approximate surface area is 113 Å². The molecule has 2 rings (SSSR count). The van der Waals surface area contributed by atoms with Crippen molar-refractivity contribution in [1.29, 1.82) is 5.41 Å². The van der Waals surface area contributed by atoms with E-state index in [4.69, 9.17) is 11.1 Å². The average molecular weight is 263 g/mol. The largest absolute Gasteiger partial charge is 0.384 e. The smallest absolute Gasteiger partial charge is 0.126 e. The zero-order valence-electron chi connectivity index (χ0n) is 11.1. The van der Waals surface area contributed by atoms with Crippen molar-refractivity contribution in [2.45, 2.75) is 25.2 Å². The number of nitrogens with one attached hydrogen (secondary N) is 1. The van der Waals surface area contributed by atoms with Gasteiger partial charge in [0.1, 0.15) is 5.84 Å². The fraction of sp³-hybridized carbons (Fsp3) is 0.500. The summed E-state index contributed by atoms with van der Waals surface area (Å²) < 4.78 is 0. The van der Waals surface area contributed by atoms with Crippen molar-refractivity contribution in [2.24, 2.45) is 11.7 Å². The van der Waals surface area contributed by atoms with Crippen molar-refractivity contribution in [3.05, 3.63) is 23.8 Å². The molecule has 1 aromatic rings. The Balaban J connectivity index is 2.39. The lowest BCUT2D eigenvalue weighted by atomic mass is 10.1. The Morgan fingerprint density at radius 1 is 1.56 bits per heavy atom. The van der Waals surface area contributed by atoms with Crippen LogP contribution in [0.3, 0.4) is 0 Å². The van der Waals surface area contributed by atoms with Gasteiger partial charge in [0.2, 0.25) is 0 Å². The number of rotatable bonds is 4. The maximum absolute atomic E-state index is 7.85. The van der Waals surface area contributed by atoms with Gasteiger partial charge >= 0.3 is 0 Å². The number of benzene rings is 1. The minimum Gasteiger partial charge on any atom is -0.384 e. The average Bonchev–Trinajstić information content (AvgIpc) is 2.75. The van der Waals surface area contributed by atoms with Gasteiger partial charge in [-0.25, -0.2) is 0 Å². The second-order valence-electron chi connectivity index (χ2n) is 4.84. The Bertz CT molecular complexity index is 445. The van der Waals surface area contributed by atoms with Gasteiger partial charge < -0.3 is 10.6 Å². The first kappa shape index (κ1) is 13.3. The van der Waals surface area contributed by atoms with E-state index in [1.807, 2.05) is 0 Å². The highest BCUT2D eigenvalue weighted by atomic mass is 32.2. The van der Waals surface area contributed by atoms with Gasteiger partial charge in [-0.2, -0.15) is 0 Å². The van der Waals surface area contributed by atoms with Gasteiger partial charge in [0.25, 0.3) is 0 Å². The number of nitrogen functional groups attached to an aromatic ring is 1. The van der Waals surface area contributed by atoms with Gasteiger partial charge in [-0.05, 0) is 30.2 Å². The summed E-state index contributed by atoms with van der Waals surface area (Å²) in [6.07, 6.45) is 1.22. The molecule has 0 bridgehead atoms. The van der Waals surface area contributed by atoms with E-state index in [9.17, 15) is 0 Å². The normalized spacial score (nSPS) is 19.2. The van der Waals surface area contributed by atoms with Crippen LogP contribution in [0.25, 0.3) is 0 Å². The Kier molecular flexibility index (Phi) is 4.17. The summed E-state index contributed by atoms with van der Waals surface area (Å²) in [6.45, 7) is 6.54. The molecule has 3 nitrogen and oxygen atoms in total. The molecule has 1 aliphatic rings. The lowest BCUT2D eigenvalue weighted by Crippen LogP contribution is -2.24. The maximum Gasteiger partial charge on any atom is 0.126 e. The van der Waals surface area contributed by atoms with Crippen molar-refractivity contribution < 1.29 is 0 Å². The van der Waals surface area contributed by atoms with Crippen molar-refractivity contribution in [2.75, 3.05) is 23.7 Å². The van der Waals surface area contributed by atoms with Gasteiger partial charge in [-0.15, -0.1) is 11.8 Å². The van der Waals surface area contributed by atoms with Gasteiger partial charge in [-0.1, -0.05) is 19.9 Å². The van der Waals surface area contributed by atoms with Crippen LogP contribution in [0.5, 0.6) is 0 Å². The maximum atomic E-state index is 7.85. The molecule has 0 aromatic heterocycles. The summed E-state index contributed by atoms with van der Waals surface area (Å²) in [5.74, 6) is 1.91. The lowest BCUT2D eigenvalue weighted by Gasteiger charge is -2.23. The van der Waals surface area contributed by atoms with E-state index in [-0.39, 0.29) is 5.84 Å². The minimum absolute atomic E-state index is 0.182. The van der Waals surface area contributed by atoms with Crippen LogP contribution in [0, 0.1) is 11.3 Å². The summed E-state index contributed by atoms with van der Waals surface area (Å²) in [6, 6.07) is 6.23. The van der Waals surface area contributed by atoms with Crippen molar-refractivity contribution in [3.8, 4) is 0 Å². The van der Waals surface area contributed by atoms with Crippen LogP contribution in [0.2, 0.25) is 0 Å². The lowest BCUT2D eigenvalue weighted by molar-refractivity contribution is 0.659. The molecular weight excluding hydrogens is 242 g/mol. The quantitative estimate of drug-likeness (QED) is 0.499. The number of hydrogen-bond donors (Lipinski definition) is 2. The number of amidine groups is 1. The van der Waals surface area contributed by atoms with Gasteiger partial charge in [-0.3, -0.25) is 5.41 Å². The first-order valence-electron chi connectivity index (χ1n) is 6.48. The molecule has 1 unspecified atom stereocenters. The van der Waals surface area contributed by atoms with E-state index in [0.29, 0.717) is 0 Å². The molecule has 3 N–H and O–H groups in total. The van der Waals surface area contributed by atoms with Crippen LogP contribution in [0.15, 0.2) is 23.1 Å². The van der Waals surface area contributed by atoms with Crippen molar-refractivity contribution in [1.82, 2.24) is 0 Å². The number of nitrogens with zero attached hydrogens (tertiary/aromatic N) is 1. The third-order valence-corrected chi connectivity index (χ3v) is 4.28. The molecule has 1 aromatic carbocycles.